The number of fused-ring (bicyclic) bond motifs is 2. The molecule has 0 heterocycles. The maximum absolute atomic E-state index is 2.44. The Hall–Kier alpha value is -10.3. The Morgan fingerprint density at radius 3 is 0.619 bits per heavy atom. The first kappa shape index (κ1) is 54.3. The van der Waals surface area contributed by atoms with Crippen LogP contribution in [0.4, 0.5) is 34.1 Å². The van der Waals surface area contributed by atoms with Crippen molar-refractivity contribution in [2.75, 3.05) is 9.80 Å². The van der Waals surface area contributed by atoms with Crippen molar-refractivity contribution in [3.8, 4) is 11.1 Å². The van der Waals surface area contributed by atoms with Gasteiger partial charge in [-0.05, 0) is 180 Å². The first-order chi connectivity index (χ1) is 41.1. The van der Waals surface area contributed by atoms with E-state index in [1.54, 1.807) is 0 Å². The topological polar surface area (TPSA) is 6.48 Å². The fourth-order valence-corrected chi connectivity index (χ4v) is 11.3. The highest BCUT2D eigenvalue weighted by Gasteiger charge is 2.24. The second kappa shape index (κ2) is 24.4. The van der Waals surface area contributed by atoms with E-state index in [0.717, 1.165) is 56.4 Å². The molecule has 0 bridgehead atoms. The molecule has 0 aliphatic rings. The van der Waals surface area contributed by atoms with Crippen molar-refractivity contribution < 1.29 is 0 Å². The molecule has 12 aromatic rings. The lowest BCUT2D eigenvalue weighted by molar-refractivity contribution is 1.26. The molecule has 0 amide bonds. The molecule has 0 radical (unpaired) electrons. The smallest absolute Gasteiger partial charge is 0.0569 e. The number of rotatable bonds is 15. The Morgan fingerprint density at radius 1 is 0.214 bits per heavy atom. The van der Waals surface area contributed by atoms with Gasteiger partial charge in [-0.15, -0.1) is 0 Å². The van der Waals surface area contributed by atoms with Crippen LogP contribution in [-0.2, 0) is 0 Å². The maximum atomic E-state index is 2.44. The van der Waals surface area contributed by atoms with E-state index < -0.39 is 0 Å². The second-order valence-electron chi connectivity index (χ2n) is 22.3. The number of hydrogen-bond donors (Lipinski definition) is 0. The minimum absolute atomic E-state index is 1.09. The summed E-state index contributed by atoms with van der Waals surface area (Å²) in [4.78, 5) is 4.89. The summed E-state index contributed by atoms with van der Waals surface area (Å²) in [5, 5.41) is 4.74. The van der Waals surface area contributed by atoms with Crippen molar-refractivity contribution in [3.63, 3.8) is 0 Å². The summed E-state index contributed by atoms with van der Waals surface area (Å²) in [7, 11) is 0. The molecule has 406 valence electrons. The number of hydrogen-bond acceptors (Lipinski definition) is 2. The molecule has 12 rings (SSSR count). The van der Waals surface area contributed by atoms with Crippen LogP contribution in [0.2, 0.25) is 0 Å². The molecule has 0 saturated carbocycles. The van der Waals surface area contributed by atoms with E-state index in [1.165, 1.54) is 88.3 Å². The average molecular weight is 1080 g/mol. The van der Waals surface area contributed by atoms with Gasteiger partial charge in [0.25, 0.3) is 0 Å². The highest BCUT2D eigenvalue weighted by Crippen LogP contribution is 2.49. The monoisotopic (exact) mass is 1080 g/mol. The van der Waals surface area contributed by atoms with E-state index >= 15 is 0 Å². The second-order valence-corrected chi connectivity index (χ2v) is 22.3. The third kappa shape index (κ3) is 12.2. The van der Waals surface area contributed by atoms with Crippen LogP contribution in [0.15, 0.2) is 255 Å². The van der Waals surface area contributed by atoms with E-state index in [4.69, 9.17) is 0 Å². The van der Waals surface area contributed by atoms with Gasteiger partial charge < -0.3 is 9.80 Å². The van der Waals surface area contributed by atoms with E-state index in [-0.39, 0.29) is 0 Å². The molecule has 0 atom stereocenters. The highest BCUT2D eigenvalue weighted by molar-refractivity contribution is 6.14. The molecule has 2 heteroatoms. The van der Waals surface area contributed by atoms with Crippen LogP contribution in [-0.4, -0.2) is 0 Å². The van der Waals surface area contributed by atoms with E-state index in [0.29, 0.717) is 0 Å². The van der Waals surface area contributed by atoms with E-state index in [9.17, 15) is 0 Å². The summed E-state index contributed by atoms with van der Waals surface area (Å²) < 4.78 is 0. The van der Waals surface area contributed by atoms with Gasteiger partial charge in [0.1, 0.15) is 0 Å². The molecule has 0 N–H and O–H groups in total. The molecule has 0 spiro atoms. The van der Waals surface area contributed by atoms with Crippen molar-refractivity contribution in [2.45, 2.75) is 41.5 Å². The summed E-state index contributed by atoms with van der Waals surface area (Å²) in [6.45, 7) is 13.1. The third-order valence-electron chi connectivity index (χ3n) is 15.9. The molecule has 0 unspecified atom stereocenters. The van der Waals surface area contributed by atoms with Gasteiger partial charge in [-0.2, -0.15) is 0 Å². The zero-order chi connectivity index (χ0) is 57.5. The average Bonchev–Trinajstić information content (AvgIpc) is 1.50. The molecule has 0 aromatic heterocycles. The van der Waals surface area contributed by atoms with Crippen LogP contribution in [0.5, 0.6) is 0 Å². The van der Waals surface area contributed by atoms with E-state index in [1.807, 2.05) is 0 Å². The van der Waals surface area contributed by atoms with Gasteiger partial charge in [-0.1, -0.05) is 265 Å². The van der Waals surface area contributed by atoms with Crippen molar-refractivity contribution in [1.82, 2.24) is 0 Å². The summed E-state index contributed by atoms with van der Waals surface area (Å²) in [6, 6.07) is 93.4. The molecule has 0 fully saturated rings. The lowest BCUT2D eigenvalue weighted by Gasteiger charge is -2.31. The van der Waals surface area contributed by atoms with Crippen LogP contribution >= 0.6 is 0 Å². The van der Waals surface area contributed by atoms with Crippen LogP contribution in [0.3, 0.4) is 0 Å². The Morgan fingerprint density at radius 2 is 0.405 bits per heavy atom. The van der Waals surface area contributed by atoms with Gasteiger partial charge in [0.05, 0.1) is 11.4 Å². The third-order valence-corrected chi connectivity index (χ3v) is 15.9. The van der Waals surface area contributed by atoms with Crippen molar-refractivity contribution in [3.05, 3.63) is 333 Å². The van der Waals surface area contributed by atoms with E-state index in [2.05, 4.69) is 355 Å². The Bertz CT molecular complexity index is 3900. The van der Waals surface area contributed by atoms with Crippen molar-refractivity contribution >= 4 is 104 Å². The van der Waals surface area contributed by atoms with Crippen LogP contribution < -0.4 is 9.80 Å². The van der Waals surface area contributed by atoms with Crippen LogP contribution in [0, 0.1) is 41.5 Å². The molecule has 0 saturated heterocycles. The van der Waals surface area contributed by atoms with Gasteiger partial charge >= 0.3 is 0 Å². The zero-order valence-electron chi connectivity index (χ0n) is 48.8. The predicted molar refractivity (Wildman–Crippen MR) is 366 cm³/mol. The van der Waals surface area contributed by atoms with Crippen molar-refractivity contribution in [1.29, 1.82) is 0 Å². The summed E-state index contributed by atoms with van der Waals surface area (Å²) >= 11 is 0. The summed E-state index contributed by atoms with van der Waals surface area (Å²) in [6.07, 6.45) is 17.5. The first-order valence-corrected chi connectivity index (χ1v) is 29.1. The minimum Gasteiger partial charge on any atom is -0.310 e. The molecular weight excluding hydrogens is 1010 g/mol. The largest absolute Gasteiger partial charge is 0.310 e. The van der Waals surface area contributed by atoms with Crippen molar-refractivity contribution in [2.24, 2.45) is 0 Å². The molecule has 0 aliphatic carbocycles. The SMILES string of the molecule is Cc1ccc(/C=C/c2ccc(N(c3ccc(/C=C/c4ccc(C)cc4)cc3)c3c(C)cc(-c4cc(C)c(N(c5ccc(/C=C/c6ccc(C)cc6)cc5)c5ccc(/C=C/c6ccc(C)cc6)cc5)c5ccccc45)c4ccccc34)cc2)cc1. The Labute approximate surface area is 496 Å². The number of nitrogens with zero attached hydrogens (tertiary/aromatic N) is 2. The Balaban J connectivity index is 0.959. The predicted octanol–water partition coefficient (Wildman–Crippen LogP) is 23.1. The molecular formula is C82H68N2. The van der Waals surface area contributed by atoms with Crippen LogP contribution in [0.25, 0.3) is 81.3 Å². The highest BCUT2D eigenvalue weighted by atomic mass is 15.2. The van der Waals surface area contributed by atoms with Gasteiger partial charge in [0, 0.05) is 33.5 Å². The molecule has 2 nitrogen and oxygen atoms in total. The molecule has 12 aromatic carbocycles. The standard InChI is InChI=1S/C82H68N2/c1-57-15-23-63(24-16-57)31-35-67-39-47-71(48-40-67)83(72-49-41-68(42-50-72)36-32-64-25-17-58(2)18-26-64)81-61(5)55-79(75-11-7-9-13-77(75)81)80-56-62(6)82(78-14-10-8-12-76(78)80)84(73-51-43-69(44-52-73)37-33-65-27-19-59(3)20-28-65)74-53-45-70(46-54-74)38-34-66-29-21-60(4)22-30-66/h7-56H,1-6H3/b35-31+,36-32+,37-33+,38-34+. The van der Waals surface area contributed by atoms with Gasteiger partial charge in [-0.25, -0.2) is 0 Å². The fraction of sp³-hybridized carbons (Fsp3) is 0.0732. The summed E-state index contributed by atoms with van der Waals surface area (Å²) in [5.41, 5.74) is 25.7. The normalized spacial score (nSPS) is 11.7. The maximum Gasteiger partial charge on any atom is 0.0569 e. The molecule has 84 heavy (non-hydrogen) atoms. The molecule has 0 aliphatic heterocycles. The first-order valence-electron chi connectivity index (χ1n) is 29.1. The lowest BCUT2D eigenvalue weighted by Crippen LogP contribution is -2.13. The number of anilines is 6. The van der Waals surface area contributed by atoms with Gasteiger partial charge in [0.15, 0.2) is 0 Å². The van der Waals surface area contributed by atoms with Gasteiger partial charge in [0.2, 0.25) is 0 Å². The van der Waals surface area contributed by atoms with Crippen LogP contribution in [0.1, 0.15) is 77.9 Å². The summed E-state index contributed by atoms with van der Waals surface area (Å²) in [5.74, 6) is 0. The number of aryl methyl sites for hydroxylation is 6. The lowest BCUT2D eigenvalue weighted by atomic mass is 9.88. The fourth-order valence-electron chi connectivity index (χ4n) is 11.3. The Kier molecular flexibility index (Phi) is 15.8. The quantitative estimate of drug-likeness (QED) is 0.0944. The zero-order valence-corrected chi connectivity index (χ0v) is 48.8. The van der Waals surface area contributed by atoms with Gasteiger partial charge in [-0.3, -0.25) is 0 Å². The number of benzene rings is 12. The minimum atomic E-state index is 1.09.